The third-order valence-corrected chi connectivity index (χ3v) is 5.82. The van der Waals surface area contributed by atoms with E-state index in [0.717, 1.165) is 19.8 Å². The smallest absolute Gasteiger partial charge is 0.185 e. The van der Waals surface area contributed by atoms with Gasteiger partial charge in [0.25, 0.3) is 0 Å². The van der Waals surface area contributed by atoms with E-state index in [-0.39, 0.29) is 11.5 Å². The minimum atomic E-state index is -1.28. The molecule has 2 aromatic rings. The van der Waals surface area contributed by atoms with E-state index in [1.54, 1.807) is 6.07 Å². The molecule has 100 valence electrons. The normalized spacial score (nSPS) is 12.4. The van der Waals surface area contributed by atoms with Crippen LogP contribution in [-0.4, -0.2) is 15.7 Å². The van der Waals surface area contributed by atoms with E-state index >= 15 is 0 Å². The largest absolute Gasteiger partial charge is 0.292 e. The Balaban J connectivity index is 2.17. The van der Waals surface area contributed by atoms with Gasteiger partial charge in [-0.1, -0.05) is 12.1 Å². The SMILES string of the molecule is Cc1ccc(C)c(S(=O)CC(=O)c2ccc(Br)s2)c1. The van der Waals surface area contributed by atoms with Crippen molar-refractivity contribution in [1.29, 1.82) is 0 Å². The van der Waals surface area contributed by atoms with Gasteiger partial charge in [-0.15, -0.1) is 11.3 Å². The molecule has 0 bridgehead atoms. The molecule has 1 aromatic carbocycles. The monoisotopic (exact) mass is 356 g/mol. The van der Waals surface area contributed by atoms with Gasteiger partial charge in [0.05, 0.1) is 25.2 Å². The van der Waals surface area contributed by atoms with Crippen molar-refractivity contribution in [1.82, 2.24) is 0 Å². The van der Waals surface area contributed by atoms with Crippen LogP contribution in [0.5, 0.6) is 0 Å². The molecule has 0 amide bonds. The van der Waals surface area contributed by atoms with Gasteiger partial charge >= 0.3 is 0 Å². The van der Waals surface area contributed by atoms with Crippen molar-refractivity contribution in [3.05, 3.63) is 50.1 Å². The summed E-state index contributed by atoms with van der Waals surface area (Å²) in [7, 11) is -1.28. The van der Waals surface area contributed by atoms with Crippen molar-refractivity contribution in [2.24, 2.45) is 0 Å². The lowest BCUT2D eigenvalue weighted by Gasteiger charge is -2.06. The van der Waals surface area contributed by atoms with Crippen LogP contribution in [0.1, 0.15) is 20.8 Å². The highest BCUT2D eigenvalue weighted by Crippen LogP contribution is 2.23. The summed E-state index contributed by atoms with van der Waals surface area (Å²) < 4.78 is 13.2. The Morgan fingerprint density at radius 1 is 1.26 bits per heavy atom. The van der Waals surface area contributed by atoms with Crippen molar-refractivity contribution in [3.63, 3.8) is 0 Å². The lowest BCUT2D eigenvalue weighted by molar-refractivity contribution is 0.102. The van der Waals surface area contributed by atoms with Gasteiger partial charge in [-0.25, -0.2) is 0 Å². The number of aryl methyl sites for hydroxylation is 2. The van der Waals surface area contributed by atoms with E-state index < -0.39 is 10.8 Å². The predicted octanol–water partition coefficient (Wildman–Crippen LogP) is 4.12. The molecular weight excluding hydrogens is 344 g/mol. The van der Waals surface area contributed by atoms with Gasteiger partial charge in [0, 0.05) is 4.90 Å². The zero-order valence-electron chi connectivity index (χ0n) is 10.6. The second-order valence-electron chi connectivity index (χ2n) is 4.29. The molecule has 0 saturated carbocycles. The molecule has 2 nitrogen and oxygen atoms in total. The van der Waals surface area contributed by atoms with E-state index in [9.17, 15) is 9.00 Å². The van der Waals surface area contributed by atoms with Gasteiger partial charge in [-0.05, 0) is 59.1 Å². The van der Waals surface area contributed by atoms with E-state index in [1.807, 2.05) is 38.1 Å². The number of rotatable bonds is 4. The van der Waals surface area contributed by atoms with Crippen LogP contribution < -0.4 is 0 Å². The second-order valence-corrected chi connectivity index (χ2v) is 8.17. The van der Waals surface area contributed by atoms with Crippen molar-refractivity contribution in [3.8, 4) is 0 Å². The van der Waals surface area contributed by atoms with E-state index in [0.29, 0.717) is 4.88 Å². The number of thiophene rings is 1. The molecule has 1 unspecified atom stereocenters. The van der Waals surface area contributed by atoms with E-state index in [4.69, 9.17) is 0 Å². The number of carbonyl (C=O) groups excluding carboxylic acids is 1. The van der Waals surface area contributed by atoms with Crippen LogP contribution in [0.4, 0.5) is 0 Å². The number of hydrogen-bond donors (Lipinski definition) is 0. The first kappa shape index (κ1) is 14.6. The number of benzene rings is 1. The molecule has 0 radical (unpaired) electrons. The standard InChI is InChI=1S/C14H13BrO2S2/c1-9-3-4-10(2)13(7-9)19(17)8-11(16)12-5-6-14(15)18-12/h3-7H,8H2,1-2H3. The highest BCUT2D eigenvalue weighted by Gasteiger charge is 2.15. The summed E-state index contributed by atoms with van der Waals surface area (Å²) in [5.41, 5.74) is 2.02. The lowest BCUT2D eigenvalue weighted by Crippen LogP contribution is -2.10. The van der Waals surface area contributed by atoms with Gasteiger partial charge in [-0.3, -0.25) is 9.00 Å². The Labute approximate surface area is 127 Å². The van der Waals surface area contributed by atoms with Gasteiger partial charge < -0.3 is 0 Å². The maximum Gasteiger partial charge on any atom is 0.185 e. The highest BCUT2D eigenvalue weighted by atomic mass is 79.9. The van der Waals surface area contributed by atoms with Gasteiger partial charge in [0.15, 0.2) is 5.78 Å². The molecule has 0 N–H and O–H groups in total. The molecule has 0 saturated heterocycles. The first-order valence-electron chi connectivity index (χ1n) is 5.71. The van der Waals surface area contributed by atoms with Crippen molar-refractivity contribution < 1.29 is 9.00 Å². The molecule has 1 atom stereocenters. The molecule has 0 fully saturated rings. The molecule has 0 aliphatic carbocycles. The fourth-order valence-corrected chi connectivity index (χ4v) is 4.39. The summed E-state index contributed by atoms with van der Waals surface area (Å²) >= 11 is 4.70. The van der Waals surface area contributed by atoms with Crippen LogP contribution in [0.15, 0.2) is 39.0 Å². The number of carbonyl (C=O) groups is 1. The number of ketones is 1. The predicted molar refractivity (Wildman–Crippen MR) is 83.5 cm³/mol. The van der Waals surface area contributed by atoms with Crippen LogP contribution in [0.25, 0.3) is 0 Å². The fraction of sp³-hybridized carbons (Fsp3) is 0.214. The minimum Gasteiger partial charge on any atom is -0.292 e. The van der Waals surface area contributed by atoms with Crippen molar-refractivity contribution in [2.75, 3.05) is 5.75 Å². The zero-order chi connectivity index (χ0) is 14.0. The summed E-state index contributed by atoms with van der Waals surface area (Å²) in [6, 6.07) is 9.40. The zero-order valence-corrected chi connectivity index (χ0v) is 13.8. The quantitative estimate of drug-likeness (QED) is 0.772. The maximum atomic E-state index is 12.3. The maximum absolute atomic E-state index is 12.3. The summed E-state index contributed by atoms with van der Waals surface area (Å²) in [6.45, 7) is 3.87. The highest BCUT2D eigenvalue weighted by molar-refractivity contribution is 9.11. The topological polar surface area (TPSA) is 34.1 Å². The first-order valence-corrected chi connectivity index (χ1v) is 8.64. The lowest BCUT2D eigenvalue weighted by atomic mass is 10.2. The van der Waals surface area contributed by atoms with E-state index in [2.05, 4.69) is 15.9 Å². The Hall–Kier alpha value is -0.780. The van der Waals surface area contributed by atoms with E-state index in [1.165, 1.54) is 11.3 Å². The van der Waals surface area contributed by atoms with Crippen LogP contribution in [-0.2, 0) is 10.8 Å². The van der Waals surface area contributed by atoms with Crippen LogP contribution in [0.2, 0.25) is 0 Å². The summed E-state index contributed by atoms with van der Waals surface area (Å²) in [5, 5.41) is 0. The molecule has 0 spiro atoms. The van der Waals surface area contributed by atoms with Crippen LogP contribution >= 0.6 is 27.3 Å². The molecule has 1 heterocycles. The van der Waals surface area contributed by atoms with Crippen molar-refractivity contribution >= 4 is 43.8 Å². The van der Waals surface area contributed by atoms with Crippen LogP contribution in [0.3, 0.4) is 0 Å². The Kier molecular flexibility index (Phi) is 4.71. The summed E-state index contributed by atoms with van der Waals surface area (Å²) in [4.78, 5) is 13.4. The summed E-state index contributed by atoms with van der Waals surface area (Å²) in [5.74, 6) is -0.0352. The number of hydrogen-bond acceptors (Lipinski definition) is 3. The Morgan fingerprint density at radius 2 is 2.00 bits per heavy atom. The number of Topliss-reactive ketones (excluding diaryl/α,β-unsaturated/α-hetero) is 1. The van der Waals surface area contributed by atoms with Crippen LogP contribution in [0, 0.1) is 13.8 Å². The fourth-order valence-electron chi connectivity index (χ4n) is 1.68. The summed E-state index contributed by atoms with van der Waals surface area (Å²) in [6.07, 6.45) is 0. The Morgan fingerprint density at radius 3 is 2.63 bits per heavy atom. The van der Waals surface area contributed by atoms with Gasteiger partial charge in [0.2, 0.25) is 0 Å². The number of halogens is 1. The molecule has 1 aromatic heterocycles. The average Bonchev–Trinajstić information content (AvgIpc) is 2.79. The van der Waals surface area contributed by atoms with Crippen molar-refractivity contribution in [2.45, 2.75) is 18.7 Å². The first-order chi connectivity index (χ1) is 8.97. The second kappa shape index (κ2) is 6.11. The molecule has 2 rings (SSSR count). The average molecular weight is 357 g/mol. The minimum absolute atomic E-state index is 0.0389. The molecular formula is C14H13BrO2S2. The molecule has 0 aliphatic heterocycles. The van der Waals surface area contributed by atoms with Gasteiger partial charge in [-0.2, -0.15) is 0 Å². The third-order valence-electron chi connectivity index (χ3n) is 2.70. The Bertz CT molecular complexity index is 647. The molecule has 0 aliphatic rings. The molecule has 5 heteroatoms. The van der Waals surface area contributed by atoms with Gasteiger partial charge in [0.1, 0.15) is 0 Å². The third kappa shape index (κ3) is 3.61. The molecule has 19 heavy (non-hydrogen) atoms.